The summed E-state index contributed by atoms with van der Waals surface area (Å²) in [5, 5.41) is 2.45. The van der Waals surface area contributed by atoms with E-state index >= 15 is 0 Å². The minimum absolute atomic E-state index is 0.00867. The summed E-state index contributed by atoms with van der Waals surface area (Å²) in [4.78, 5) is 19.3. The average molecular weight is 355 g/mol. The molecular weight excluding hydrogens is 339 g/mol. The lowest BCUT2D eigenvalue weighted by atomic mass is 10.3. The molecule has 2 aromatic rings. The zero-order chi connectivity index (χ0) is 17.7. The van der Waals surface area contributed by atoms with Crippen LogP contribution in [-0.2, 0) is 0 Å². The molecule has 0 bridgehead atoms. The number of nitrogen functional groups attached to an aromatic ring is 1. The molecule has 0 spiro atoms. The number of amides is 2. The highest BCUT2D eigenvalue weighted by atomic mass is 35.5. The van der Waals surface area contributed by atoms with Gasteiger partial charge in [0.1, 0.15) is 16.7 Å². The van der Waals surface area contributed by atoms with Crippen LogP contribution in [0.4, 0.5) is 26.6 Å². The van der Waals surface area contributed by atoms with E-state index in [1.165, 1.54) is 18.2 Å². The number of aromatic nitrogens is 2. The number of ether oxygens (including phenoxy) is 1. The predicted molar refractivity (Wildman–Crippen MR) is 89.4 cm³/mol. The molecule has 5 N–H and O–H groups in total. The highest BCUT2D eigenvalue weighted by Crippen LogP contribution is 2.21. The SMILES string of the molecule is CC(C)Oc1ccc(NC(=O)NNc2cc(Cl)nc(N)n2)c(F)c1. The van der Waals surface area contributed by atoms with Gasteiger partial charge in [0, 0.05) is 12.1 Å². The summed E-state index contributed by atoms with van der Waals surface area (Å²) in [6, 6.07) is 4.79. The second-order valence-corrected chi connectivity index (χ2v) is 5.33. The first-order chi connectivity index (χ1) is 11.3. The highest BCUT2D eigenvalue weighted by molar-refractivity contribution is 6.29. The first kappa shape index (κ1) is 17.5. The van der Waals surface area contributed by atoms with E-state index in [0.29, 0.717) is 5.75 Å². The van der Waals surface area contributed by atoms with Crippen molar-refractivity contribution in [2.75, 3.05) is 16.5 Å². The number of nitrogens with zero attached hydrogens (tertiary/aromatic N) is 2. The van der Waals surface area contributed by atoms with Gasteiger partial charge in [-0.2, -0.15) is 4.98 Å². The number of nitrogens with two attached hydrogens (primary N) is 1. The van der Waals surface area contributed by atoms with E-state index in [0.717, 1.165) is 0 Å². The summed E-state index contributed by atoms with van der Waals surface area (Å²) in [6.07, 6.45) is -0.0807. The molecule has 0 saturated heterocycles. The maximum absolute atomic E-state index is 13.9. The first-order valence-corrected chi connectivity index (χ1v) is 7.30. The van der Waals surface area contributed by atoms with Crippen LogP contribution < -0.4 is 26.6 Å². The van der Waals surface area contributed by atoms with Crippen LogP contribution in [0, 0.1) is 5.82 Å². The zero-order valence-electron chi connectivity index (χ0n) is 12.9. The Morgan fingerprint density at radius 3 is 2.71 bits per heavy atom. The van der Waals surface area contributed by atoms with Crippen molar-refractivity contribution in [1.29, 1.82) is 0 Å². The number of halogens is 2. The Labute approximate surface area is 142 Å². The number of hydrazine groups is 1. The Morgan fingerprint density at radius 2 is 2.08 bits per heavy atom. The third-order valence-corrected chi connectivity index (χ3v) is 2.77. The van der Waals surface area contributed by atoms with Crippen molar-refractivity contribution >= 4 is 35.1 Å². The van der Waals surface area contributed by atoms with E-state index in [2.05, 4.69) is 26.1 Å². The van der Waals surface area contributed by atoms with E-state index < -0.39 is 11.8 Å². The number of hydrogen-bond donors (Lipinski definition) is 4. The number of nitrogens with one attached hydrogen (secondary N) is 3. The highest BCUT2D eigenvalue weighted by Gasteiger charge is 2.09. The zero-order valence-corrected chi connectivity index (χ0v) is 13.7. The van der Waals surface area contributed by atoms with Crippen molar-refractivity contribution < 1.29 is 13.9 Å². The molecule has 0 radical (unpaired) electrons. The van der Waals surface area contributed by atoms with Gasteiger partial charge in [-0.25, -0.2) is 14.2 Å². The maximum atomic E-state index is 13.9. The third kappa shape index (κ3) is 5.13. The minimum atomic E-state index is -0.709. The summed E-state index contributed by atoms with van der Waals surface area (Å²) < 4.78 is 19.3. The van der Waals surface area contributed by atoms with Crippen molar-refractivity contribution in [2.45, 2.75) is 20.0 Å². The molecule has 24 heavy (non-hydrogen) atoms. The lowest BCUT2D eigenvalue weighted by Gasteiger charge is -2.12. The number of hydrogen-bond acceptors (Lipinski definition) is 6. The molecule has 0 aliphatic rings. The van der Waals surface area contributed by atoms with Crippen LogP contribution in [-0.4, -0.2) is 22.1 Å². The van der Waals surface area contributed by atoms with Crippen LogP contribution in [0.1, 0.15) is 13.8 Å². The number of urea groups is 1. The van der Waals surface area contributed by atoms with Crippen LogP contribution in [0.3, 0.4) is 0 Å². The van der Waals surface area contributed by atoms with Gasteiger partial charge in [-0.15, -0.1) is 0 Å². The molecule has 0 saturated carbocycles. The van der Waals surface area contributed by atoms with E-state index in [9.17, 15) is 9.18 Å². The summed E-state index contributed by atoms with van der Waals surface area (Å²) >= 11 is 5.71. The predicted octanol–water partition coefficient (Wildman–Crippen LogP) is 2.79. The summed E-state index contributed by atoms with van der Waals surface area (Å²) in [6.45, 7) is 3.66. The van der Waals surface area contributed by atoms with Crippen molar-refractivity contribution in [3.63, 3.8) is 0 Å². The van der Waals surface area contributed by atoms with Crippen molar-refractivity contribution in [2.24, 2.45) is 0 Å². The molecule has 2 rings (SSSR count). The van der Waals surface area contributed by atoms with E-state index in [1.807, 2.05) is 13.8 Å². The van der Waals surface area contributed by atoms with Gasteiger partial charge in [0.25, 0.3) is 0 Å². The van der Waals surface area contributed by atoms with Gasteiger partial charge in [0.05, 0.1) is 11.8 Å². The Kier molecular flexibility index (Phi) is 5.59. The average Bonchev–Trinajstić information content (AvgIpc) is 2.46. The van der Waals surface area contributed by atoms with E-state index in [-0.39, 0.29) is 28.7 Å². The van der Waals surface area contributed by atoms with Gasteiger partial charge in [-0.3, -0.25) is 10.9 Å². The van der Waals surface area contributed by atoms with Crippen molar-refractivity contribution in [1.82, 2.24) is 15.4 Å². The third-order valence-electron chi connectivity index (χ3n) is 2.58. The molecule has 1 aromatic heterocycles. The number of carbonyl (C=O) groups excluding carboxylic acids is 1. The summed E-state index contributed by atoms with van der Waals surface area (Å²) in [7, 11) is 0. The number of carbonyl (C=O) groups is 1. The Bertz CT molecular complexity index is 723. The lowest BCUT2D eigenvalue weighted by molar-refractivity contribution is 0.241. The molecular formula is C14H16ClFN6O2. The topological polar surface area (TPSA) is 114 Å². The number of benzene rings is 1. The van der Waals surface area contributed by atoms with Crippen LogP contribution in [0.5, 0.6) is 5.75 Å². The minimum Gasteiger partial charge on any atom is -0.491 e. The molecule has 128 valence electrons. The smallest absolute Gasteiger partial charge is 0.337 e. The summed E-state index contributed by atoms with van der Waals surface area (Å²) in [5.41, 5.74) is 10.2. The molecule has 1 aromatic carbocycles. The van der Waals surface area contributed by atoms with E-state index in [4.69, 9.17) is 22.1 Å². The molecule has 0 unspecified atom stereocenters. The lowest BCUT2D eigenvalue weighted by Crippen LogP contribution is -2.34. The second kappa shape index (κ2) is 7.64. The molecule has 0 fully saturated rings. The standard InChI is InChI=1S/C14H16ClFN6O2/c1-7(2)24-8-3-4-10(9(16)5-8)18-14(23)22-21-12-6-11(15)19-13(17)20-12/h3-7H,1-2H3,(H2,18,22,23)(H3,17,19,20,21). The first-order valence-electron chi connectivity index (χ1n) is 6.93. The van der Waals surface area contributed by atoms with E-state index in [1.54, 1.807) is 6.07 Å². The Hall–Kier alpha value is -2.81. The van der Waals surface area contributed by atoms with Gasteiger partial charge >= 0.3 is 6.03 Å². The fourth-order valence-electron chi connectivity index (χ4n) is 1.72. The Balaban J connectivity index is 1.94. The van der Waals surface area contributed by atoms with Crippen LogP contribution in [0.15, 0.2) is 24.3 Å². The van der Waals surface area contributed by atoms with Gasteiger partial charge in [0.15, 0.2) is 5.82 Å². The quantitative estimate of drug-likeness (QED) is 0.485. The van der Waals surface area contributed by atoms with Crippen LogP contribution >= 0.6 is 11.6 Å². The van der Waals surface area contributed by atoms with Crippen molar-refractivity contribution in [3.8, 4) is 5.75 Å². The van der Waals surface area contributed by atoms with Gasteiger partial charge in [0.2, 0.25) is 5.95 Å². The molecule has 2 amide bonds. The molecule has 10 heteroatoms. The van der Waals surface area contributed by atoms with Crippen LogP contribution in [0.2, 0.25) is 5.15 Å². The fourth-order valence-corrected chi connectivity index (χ4v) is 1.91. The van der Waals surface area contributed by atoms with Gasteiger partial charge in [-0.05, 0) is 26.0 Å². The second-order valence-electron chi connectivity index (χ2n) is 4.95. The van der Waals surface area contributed by atoms with Gasteiger partial charge < -0.3 is 15.8 Å². The largest absolute Gasteiger partial charge is 0.491 e. The Morgan fingerprint density at radius 1 is 1.33 bits per heavy atom. The summed E-state index contributed by atoms with van der Waals surface area (Å²) in [5.74, 6) is -0.127. The normalized spacial score (nSPS) is 10.4. The number of anilines is 3. The molecule has 0 aliphatic heterocycles. The number of rotatable bonds is 5. The van der Waals surface area contributed by atoms with Gasteiger partial charge in [-0.1, -0.05) is 11.6 Å². The monoisotopic (exact) mass is 354 g/mol. The molecule has 0 aliphatic carbocycles. The maximum Gasteiger partial charge on any atom is 0.337 e. The van der Waals surface area contributed by atoms with Crippen LogP contribution in [0.25, 0.3) is 0 Å². The fraction of sp³-hybridized carbons (Fsp3) is 0.214. The van der Waals surface area contributed by atoms with Crippen molar-refractivity contribution in [3.05, 3.63) is 35.2 Å². The molecule has 0 atom stereocenters. The molecule has 1 heterocycles. The molecule has 8 nitrogen and oxygen atoms in total.